The Kier molecular flexibility index (Phi) is 4.51. The zero-order chi connectivity index (χ0) is 11.5. The summed E-state index contributed by atoms with van der Waals surface area (Å²) >= 11 is 6.25. The lowest BCUT2D eigenvalue weighted by molar-refractivity contribution is -0.118. The van der Waals surface area contributed by atoms with Gasteiger partial charge in [-0.2, -0.15) is 0 Å². The number of thiocarbonyl (C=S) groups is 1. The van der Waals surface area contributed by atoms with Crippen molar-refractivity contribution >= 4 is 34.2 Å². The van der Waals surface area contributed by atoms with Crippen molar-refractivity contribution in [1.82, 2.24) is 10.6 Å². The second kappa shape index (κ2) is 5.25. The first-order valence-corrected chi connectivity index (χ1v) is 6.17. The second-order valence-electron chi connectivity index (χ2n) is 3.84. The molecule has 2 atom stereocenters. The van der Waals surface area contributed by atoms with Crippen molar-refractivity contribution in [2.75, 3.05) is 13.2 Å². The number of aliphatic hydroxyl groups excluding tert-OH is 1. The van der Waals surface area contributed by atoms with Gasteiger partial charge in [0.1, 0.15) is 9.57 Å². The Labute approximate surface area is 99.2 Å². The molecule has 0 bridgehead atoms. The molecule has 0 aromatic rings. The van der Waals surface area contributed by atoms with Crippen molar-refractivity contribution < 1.29 is 9.90 Å². The Balaban J connectivity index is 2.43. The van der Waals surface area contributed by atoms with Gasteiger partial charge in [0.2, 0.25) is 5.91 Å². The number of rotatable bonds is 5. The summed E-state index contributed by atoms with van der Waals surface area (Å²) in [7, 11) is 0. The van der Waals surface area contributed by atoms with E-state index in [2.05, 4.69) is 10.6 Å². The van der Waals surface area contributed by atoms with Gasteiger partial charge in [-0.15, -0.1) is 0 Å². The average molecular weight is 248 g/mol. The molecule has 3 N–H and O–H groups in total. The fourth-order valence-corrected chi connectivity index (χ4v) is 2.36. The van der Waals surface area contributed by atoms with E-state index in [0.717, 1.165) is 6.42 Å². The van der Waals surface area contributed by atoms with E-state index < -0.39 is 0 Å². The minimum atomic E-state index is -0.314. The predicted molar refractivity (Wildman–Crippen MR) is 65.9 cm³/mol. The fourth-order valence-electron chi connectivity index (χ4n) is 1.16. The van der Waals surface area contributed by atoms with E-state index in [9.17, 15) is 9.90 Å². The number of hydrogen-bond donors (Lipinski definition) is 3. The Morgan fingerprint density at radius 1 is 1.73 bits per heavy atom. The number of thioether (sulfide) groups is 1. The topological polar surface area (TPSA) is 61.4 Å². The van der Waals surface area contributed by atoms with Crippen LogP contribution in [0.5, 0.6) is 0 Å². The van der Waals surface area contributed by atoms with Gasteiger partial charge in [0.15, 0.2) is 0 Å². The maximum Gasteiger partial charge on any atom is 0.240 e. The monoisotopic (exact) mass is 248 g/mol. The number of amides is 1. The molecule has 1 heterocycles. The van der Waals surface area contributed by atoms with Crippen LogP contribution in [0.4, 0.5) is 0 Å². The van der Waals surface area contributed by atoms with Crippen LogP contribution in [0.15, 0.2) is 0 Å². The summed E-state index contributed by atoms with van der Waals surface area (Å²) in [6.45, 7) is 4.52. The average Bonchev–Trinajstić information content (AvgIpc) is 2.54. The van der Waals surface area contributed by atoms with E-state index in [1.54, 1.807) is 0 Å². The molecular formula is C9H16N2O2S2. The third-order valence-corrected chi connectivity index (χ3v) is 3.98. The van der Waals surface area contributed by atoms with E-state index in [4.69, 9.17) is 12.2 Å². The van der Waals surface area contributed by atoms with Crippen molar-refractivity contribution in [3.63, 3.8) is 0 Å². The second-order valence-corrected chi connectivity index (χ2v) is 5.72. The van der Waals surface area contributed by atoms with Crippen LogP contribution >= 0.6 is 24.0 Å². The molecule has 1 aliphatic rings. The van der Waals surface area contributed by atoms with Gasteiger partial charge < -0.3 is 15.7 Å². The van der Waals surface area contributed by atoms with Crippen LogP contribution in [0.1, 0.15) is 20.3 Å². The Hall–Kier alpha value is -0.170. The molecule has 86 valence electrons. The van der Waals surface area contributed by atoms with Crippen molar-refractivity contribution in [2.24, 2.45) is 0 Å². The molecule has 1 amide bonds. The van der Waals surface area contributed by atoms with Crippen LogP contribution in [0.25, 0.3) is 0 Å². The number of aliphatic hydroxyl groups is 1. The molecule has 1 fully saturated rings. The molecular weight excluding hydrogens is 232 g/mol. The smallest absolute Gasteiger partial charge is 0.240 e. The van der Waals surface area contributed by atoms with Crippen molar-refractivity contribution in [3.05, 3.63) is 0 Å². The molecule has 2 unspecified atom stereocenters. The van der Waals surface area contributed by atoms with Crippen molar-refractivity contribution in [1.29, 1.82) is 0 Å². The predicted octanol–water partition coefficient (Wildman–Crippen LogP) is 0.253. The zero-order valence-electron chi connectivity index (χ0n) is 8.87. The molecule has 0 aliphatic carbocycles. The van der Waals surface area contributed by atoms with Gasteiger partial charge >= 0.3 is 0 Å². The molecule has 1 aliphatic heterocycles. The molecule has 0 spiro atoms. The maximum atomic E-state index is 11.4. The standard InChI is InChI=1S/C9H16N2O2S2/c1-3-9(2,5-12)10-4-6-7(13)11-8(14)15-6/h6,10,12H,3-5H2,1-2H3,(H,11,13,14). The van der Waals surface area contributed by atoms with Crippen LogP contribution in [-0.2, 0) is 4.79 Å². The highest BCUT2D eigenvalue weighted by Gasteiger charge is 2.31. The fraction of sp³-hybridized carbons (Fsp3) is 0.778. The summed E-state index contributed by atoms with van der Waals surface area (Å²) in [5.74, 6) is -0.0473. The lowest BCUT2D eigenvalue weighted by atomic mass is 10.0. The third kappa shape index (κ3) is 3.41. The SMILES string of the molecule is CCC(C)(CO)NCC1SC(=S)NC1=O. The third-order valence-electron chi connectivity index (χ3n) is 2.61. The summed E-state index contributed by atoms with van der Waals surface area (Å²) < 4.78 is 0.536. The van der Waals surface area contributed by atoms with Crippen LogP contribution in [0.3, 0.4) is 0 Å². The number of carbonyl (C=O) groups is 1. The van der Waals surface area contributed by atoms with E-state index >= 15 is 0 Å². The number of carbonyl (C=O) groups excluding carboxylic acids is 1. The summed E-state index contributed by atoms with van der Waals surface area (Å²) in [4.78, 5) is 11.4. The van der Waals surface area contributed by atoms with Gasteiger partial charge in [0, 0.05) is 12.1 Å². The highest BCUT2D eigenvalue weighted by Crippen LogP contribution is 2.19. The van der Waals surface area contributed by atoms with Gasteiger partial charge in [0.25, 0.3) is 0 Å². The van der Waals surface area contributed by atoms with Gasteiger partial charge in [-0.25, -0.2) is 0 Å². The molecule has 6 heteroatoms. The summed E-state index contributed by atoms with van der Waals surface area (Å²) in [6.07, 6.45) is 0.812. The summed E-state index contributed by atoms with van der Waals surface area (Å²) in [5, 5.41) is 14.8. The Bertz CT molecular complexity index is 267. The highest BCUT2D eigenvalue weighted by molar-refractivity contribution is 8.24. The van der Waals surface area contributed by atoms with Gasteiger partial charge in [-0.1, -0.05) is 30.9 Å². The molecule has 1 rings (SSSR count). The molecule has 15 heavy (non-hydrogen) atoms. The van der Waals surface area contributed by atoms with E-state index in [-0.39, 0.29) is 23.3 Å². The minimum Gasteiger partial charge on any atom is -0.394 e. The van der Waals surface area contributed by atoms with Crippen LogP contribution in [0, 0.1) is 0 Å². The zero-order valence-corrected chi connectivity index (χ0v) is 10.5. The minimum absolute atomic E-state index is 0.0473. The molecule has 0 radical (unpaired) electrons. The number of nitrogens with one attached hydrogen (secondary N) is 2. The summed E-state index contributed by atoms with van der Waals surface area (Å²) in [5.41, 5.74) is -0.314. The first-order valence-electron chi connectivity index (χ1n) is 4.88. The molecule has 1 saturated heterocycles. The highest BCUT2D eigenvalue weighted by atomic mass is 32.2. The van der Waals surface area contributed by atoms with Crippen molar-refractivity contribution in [3.8, 4) is 0 Å². The lowest BCUT2D eigenvalue weighted by Gasteiger charge is -2.28. The maximum absolute atomic E-state index is 11.4. The van der Waals surface area contributed by atoms with E-state index in [1.807, 2.05) is 13.8 Å². The van der Waals surface area contributed by atoms with E-state index in [1.165, 1.54) is 11.8 Å². The Morgan fingerprint density at radius 3 is 2.80 bits per heavy atom. The van der Waals surface area contributed by atoms with E-state index in [0.29, 0.717) is 10.9 Å². The first-order chi connectivity index (χ1) is 7.00. The number of hydrogen-bond acceptors (Lipinski definition) is 5. The summed E-state index contributed by atoms with van der Waals surface area (Å²) in [6, 6.07) is 0. The normalized spacial score (nSPS) is 25.1. The molecule has 0 saturated carbocycles. The lowest BCUT2D eigenvalue weighted by Crippen LogP contribution is -2.48. The van der Waals surface area contributed by atoms with Crippen LogP contribution < -0.4 is 10.6 Å². The van der Waals surface area contributed by atoms with Crippen molar-refractivity contribution in [2.45, 2.75) is 31.1 Å². The van der Waals surface area contributed by atoms with Crippen LogP contribution in [-0.4, -0.2) is 39.3 Å². The molecule has 4 nitrogen and oxygen atoms in total. The quantitative estimate of drug-likeness (QED) is 0.609. The molecule has 0 aromatic carbocycles. The van der Waals surface area contributed by atoms with Gasteiger partial charge in [-0.05, 0) is 13.3 Å². The van der Waals surface area contributed by atoms with Gasteiger partial charge in [-0.3, -0.25) is 4.79 Å². The van der Waals surface area contributed by atoms with Gasteiger partial charge in [0.05, 0.1) is 6.61 Å². The molecule has 0 aromatic heterocycles. The largest absolute Gasteiger partial charge is 0.394 e. The first kappa shape index (κ1) is 12.9. The Morgan fingerprint density at radius 2 is 2.40 bits per heavy atom. The van der Waals surface area contributed by atoms with Crippen LogP contribution in [0.2, 0.25) is 0 Å².